The second-order valence-corrected chi connectivity index (χ2v) is 7.01. The van der Waals surface area contributed by atoms with Crippen molar-refractivity contribution in [1.29, 1.82) is 0 Å². The van der Waals surface area contributed by atoms with E-state index in [4.69, 9.17) is 4.18 Å². The van der Waals surface area contributed by atoms with Crippen LogP contribution in [0.25, 0.3) is 10.8 Å². The molecule has 0 saturated heterocycles. The van der Waals surface area contributed by atoms with Crippen molar-refractivity contribution in [1.82, 2.24) is 9.78 Å². The second kappa shape index (κ2) is 6.45. The Labute approximate surface area is 139 Å². The van der Waals surface area contributed by atoms with Gasteiger partial charge in [-0.05, 0) is 25.1 Å². The minimum Gasteiger partial charge on any atom is -0.382 e. The summed E-state index contributed by atoms with van der Waals surface area (Å²) in [6.45, 7) is 1.72. The summed E-state index contributed by atoms with van der Waals surface area (Å²) in [5.41, 5.74) is 0.359. The Hall–Kier alpha value is -2.67. The van der Waals surface area contributed by atoms with Crippen molar-refractivity contribution in [2.24, 2.45) is 0 Å². The topological polar surface area (TPSA) is 78.3 Å². The number of nitrogens with zero attached hydrogens (tertiary/aromatic N) is 2. The van der Waals surface area contributed by atoms with Gasteiger partial charge in [0.1, 0.15) is 11.5 Å². The summed E-state index contributed by atoms with van der Waals surface area (Å²) in [5.74, 6) is -0.0976. The lowest BCUT2D eigenvalue weighted by molar-refractivity contribution is 0.476. The van der Waals surface area contributed by atoms with Crippen LogP contribution in [0.1, 0.15) is 5.69 Å². The number of hydrogen-bond donors (Lipinski definition) is 0. The number of fused-ring (bicyclic) bond motifs is 1. The highest BCUT2D eigenvalue weighted by Crippen LogP contribution is 2.13. The van der Waals surface area contributed by atoms with Crippen LogP contribution in [0.2, 0.25) is 0 Å². The van der Waals surface area contributed by atoms with E-state index in [0.29, 0.717) is 11.1 Å². The van der Waals surface area contributed by atoms with E-state index >= 15 is 0 Å². The van der Waals surface area contributed by atoms with Gasteiger partial charge in [0, 0.05) is 5.39 Å². The van der Waals surface area contributed by atoms with Gasteiger partial charge in [-0.3, -0.25) is 4.79 Å². The lowest BCUT2D eigenvalue weighted by Crippen LogP contribution is -2.28. The van der Waals surface area contributed by atoms with Crippen LogP contribution < -0.4 is 9.74 Å². The van der Waals surface area contributed by atoms with Crippen LogP contribution in [0, 0.1) is 6.92 Å². The first-order chi connectivity index (χ1) is 11.5. The van der Waals surface area contributed by atoms with Crippen LogP contribution in [0.4, 0.5) is 0 Å². The SMILES string of the molecule is Cc1nn(CCS(=O)(=O)Oc2ccccc2)c(=O)c2ccccc12. The maximum Gasteiger partial charge on any atom is 0.311 e. The molecule has 0 unspecified atom stereocenters. The highest BCUT2D eigenvalue weighted by Gasteiger charge is 2.15. The predicted molar refractivity (Wildman–Crippen MR) is 91.6 cm³/mol. The average molecular weight is 344 g/mol. The Bertz CT molecular complexity index is 1030. The lowest BCUT2D eigenvalue weighted by Gasteiger charge is -2.10. The maximum atomic E-state index is 12.4. The fourth-order valence-electron chi connectivity index (χ4n) is 2.42. The second-order valence-electron chi connectivity index (χ2n) is 5.32. The molecule has 24 heavy (non-hydrogen) atoms. The molecule has 0 aliphatic heterocycles. The molecule has 7 heteroatoms. The Morgan fingerprint density at radius 2 is 1.62 bits per heavy atom. The molecule has 0 fully saturated rings. The number of aryl methyl sites for hydroxylation is 2. The molecule has 0 aliphatic rings. The molecule has 124 valence electrons. The van der Waals surface area contributed by atoms with Crippen LogP contribution in [0.5, 0.6) is 5.75 Å². The third kappa shape index (κ3) is 3.46. The number of aromatic nitrogens is 2. The molecule has 0 N–H and O–H groups in total. The normalized spacial score (nSPS) is 11.5. The van der Waals surface area contributed by atoms with Gasteiger partial charge in [-0.25, -0.2) is 4.68 Å². The summed E-state index contributed by atoms with van der Waals surface area (Å²) in [7, 11) is -3.82. The molecule has 1 heterocycles. The Balaban J connectivity index is 1.83. The molecule has 2 aromatic carbocycles. The molecular formula is C17H16N2O4S. The number of para-hydroxylation sites is 1. The van der Waals surface area contributed by atoms with Gasteiger partial charge < -0.3 is 4.18 Å². The van der Waals surface area contributed by atoms with E-state index in [1.807, 2.05) is 12.1 Å². The molecule has 3 rings (SSSR count). The number of hydrogen-bond acceptors (Lipinski definition) is 5. The van der Waals surface area contributed by atoms with E-state index in [-0.39, 0.29) is 23.6 Å². The van der Waals surface area contributed by atoms with Gasteiger partial charge in [-0.1, -0.05) is 36.4 Å². The average Bonchev–Trinajstić information content (AvgIpc) is 2.57. The highest BCUT2D eigenvalue weighted by atomic mass is 32.2. The quantitative estimate of drug-likeness (QED) is 0.663. The van der Waals surface area contributed by atoms with Gasteiger partial charge in [0.05, 0.1) is 17.6 Å². The zero-order valence-corrected chi connectivity index (χ0v) is 13.9. The molecular weight excluding hydrogens is 328 g/mol. The van der Waals surface area contributed by atoms with Gasteiger partial charge in [-0.2, -0.15) is 13.5 Å². The first-order valence-corrected chi connectivity index (χ1v) is 8.98. The monoisotopic (exact) mass is 344 g/mol. The van der Waals surface area contributed by atoms with Crippen molar-refractivity contribution in [2.75, 3.05) is 5.75 Å². The fourth-order valence-corrected chi connectivity index (χ4v) is 3.30. The Kier molecular flexibility index (Phi) is 4.35. The van der Waals surface area contributed by atoms with Crippen molar-refractivity contribution in [3.8, 4) is 5.75 Å². The van der Waals surface area contributed by atoms with Gasteiger partial charge in [0.2, 0.25) is 0 Å². The van der Waals surface area contributed by atoms with E-state index in [0.717, 1.165) is 5.39 Å². The molecule has 0 amide bonds. The lowest BCUT2D eigenvalue weighted by atomic mass is 10.1. The molecule has 3 aromatic rings. The van der Waals surface area contributed by atoms with Gasteiger partial charge in [0.15, 0.2) is 0 Å². The van der Waals surface area contributed by atoms with E-state index < -0.39 is 10.1 Å². The van der Waals surface area contributed by atoms with Crippen molar-refractivity contribution in [2.45, 2.75) is 13.5 Å². The summed E-state index contributed by atoms with van der Waals surface area (Å²) in [5, 5.41) is 5.48. The third-order valence-electron chi connectivity index (χ3n) is 3.57. The minimum absolute atomic E-state index is 0.0698. The molecule has 0 spiro atoms. The summed E-state index contributed by atoms with van der Waals surface area (Å²) in [6.07, 6.45) is 0. The first-order valence-electron chi connectivity index (χ1n) is 7.40. The summed E-state index contributed by atoms with van der Waals surface area (Å²) >= 11 is 0. The van der Waals surface area contributed by atoms with Gasteiger partial charge in [-0.15, -0.1) is 0 Å². The molecule has 1 aromatic heterocycles. The van der Waals surface area contributed by atoms with E-state index in [1.165, 1.54) is 4.68 Å². The molecule has 0 aliphatic carbocycles. The van der Waals surface area contributed by atoms with Crippen molar-refractivity contribution >= 4 is 20.9 Å². The highest BCUT2D eigenvalue weighted by molar-refractivity contribution is 7.87. The van der Waals surface area contributed by atoms with Gasteiger partial charge >= 0.3 is 10.1 Å². The van der Waals surface area contributed by atoms with E-state index in [1.54, 1.807) is 49.4 Å². The molecule has 0 radical (unpaired) electrons. The predicted octanol–water partition coefficient (Wildman–Crippen LogP) is 2.11. The Morgan fingerprint density at radius 1 is 1.00 bits per heavy atom. The van der Waals surface area contributed by atoms with Crippen LogP contribution in [0.3, 0.4) is 0 Å². The standard InChI is InChI=1S/C17H16N2O4S/c1-13-15-9-5-6-10-16(15)17(20)19(18-13)11-12-24(21,22)23-14-7-3-2-4-8-14/h2-10H,11-12H2,1H3. The zero-order valence-electron chi connectivity index (χ0n) is 13.0. The zero-order chi connectivity index (χ0) is 17.2. The van der Waals surface area contributed by atoms with Crippen molar-refractivity contribution < 1.29 is 12.6 Å². The summed E-state index contributed by atoms with van der Waals surface area (Å²) in [6, 6.07) is 15.4. The fraction of sp³-hybridized carbons (Fsp3) is 0.176. The van der Waals surface area contributed by atoms with Crippen LogP contribution >= 0.6 is 0 Å². The molecule has 0 bridgehead atoms. The molecule has 0 atom stereocenters. The van der Waals surface area contributed by atoms with Crippen LogP contribution in [-0.2, 0) is 16.7 Å². The van der Waals surface area contributed by atoms with Gasteiger partial charge in [0.25, 0.3) is 5.56 Å². The summed E-state index contributed by atoms with van der Waals surface area (Å²) < 4.78 is 30.3. The number of rotatable bonds is 5. The van der Waals surface area contributed by atoms with Crippen LogP contribution in [0.15, 0.2) is 59.4 Å². The van der Waals surface area contributed by atoms with Crippen molar-refractivity contribution in [3.63, 3.8) is 0 Å². The molecule has 0 saturated carbocycles. The third-order valence-corrected chi connectivity index (χ3v) is 4.70. The minimum atomic E-state index is -3.82. The van der Waals surface area contributed by atoms with Crippen LogP contribution in [-0.4, -0.2) is 24.0 Å². The Morgan fingerprint density at radius 3 is 2.33 bits per heavy atom. The number of benzene rings is 2. The summed E-state index contributed by atoms with van der Waals surface area (Å²) in [4.78, 5) is 12.4. The van der Waals surface area contributed by atoms with Crippen molar-refractivity contribution in [3.05, 3.63) is 70.6 Å². The van der Waals surface area contributed by atoms with E-state index in [2.05, 4.69) is 5.10 Å². The smallest absolute Gasteiger partial charge is 0.311 e. The largest absolute Gasteiger partial charge is 0.382 e. The first kappa shape index (κ1) is 16.2. The maximum absolute atomic E-state index is 12.4. The molecule has 6 nitrogen and oxygen atoms in total. The van der Waals surface area contributed by atoms with E-state index in [9.17, 15) is 13.2 Å².